The molecule has 1 aromatic rings. The van der Waals surface area contributed by atoms with Crippen LogP contribution < -0.4 is 16.1 Å². The molecule has 0 radical (unpaired) electrons. The monoisotopic (exact) mass is 319 g/mol. The van der Waals surface area contributed by atoms with E-state index in [2.05, 4.69) is 10.3 Å². The summed E-state index contributed by atoms with van der Waals surface area (Å²) in [6, 6.07) is 6.28. The van der Waals surface area contributed by atoms with E-state index in [1.165, 1.54) is 13.0 Å². The number of imide groups is 1. The Labute approximate surface area is 134 Å². The van der Waals surface area contributed by atoms with E-state index in [0.717, 1.165) is 18.0 Å². The van der Waals surface area contributed by atoms with Gasteiger partial charge in [0.2, 0.25) is 5.91 Å². The first-order chi connectivity index (χ1) is 10.9. The number of nitrogen functional groups attached to an aromatic ring is 1. The Kier molecular flexibility index (Phi) is 5.30. The summed E-state index contributed by atoms with van der Waals surface area (Å²) in [7, 11) is 1.99. The van der Waals surface area contributed by atoms with Crippen molar-refractivity contribution in [3.05, 3.63) is 24.3 Å². The van der Waals surface area contributed by atoms with E-state index in [9.17, 15) is 14.4 Å². The lowest BCUT2D eigenvalue weighted by Gasteiger charge is -2.32. The third-order valence-electron chi connectivity index (χ3n) is 3.60. The Balaban J connectivity index is 2.08. The summed E-state index contributed by atoms with van der Waals surface area (Å²) in [5, 5.41) is 1.68. The fourth-order valence-electron chi connectivity index (χ4n) is 2.32. The number of benzene rings is 1. The Bertz CT molecular complexity index is 611. The van der Waals surface area contributed by atoms with Crippen LogP contribution in [0, 0.1) is 0 Å². The van der Waals surface area contributed by atoms with Gasteiger partial charge in [0.15, 0.2) is 0 Å². The van der Waals surface area contributed by atoms with Crippen LogP contribution in [-0.2, 0) is 14.4 Å². The van der Waals surface area contributed by atoms with E-state index in [1.807, 2.05) is 7.05 Å². The molecule has 3 amide bonds. The molecule has 1 aliphatic rings. The van der Waals surface area contributed by atoms with Crippen molar-refractivity contribution in [1.29, 1.82) is 0 Å². The SMILES string of the molecule is CC(=O)N(C(=O)C(=O)NN1CCN(C)CC1)c1cccc(N)c1. The molecule has 8 heteroatoms. The minimum absolute atomic E-state index is 0.274. The Morgan fingerprint density at radius 1 is 1.17 bits per heavy atom. The van der Waals surface area contributed by atoms with Gasteiger partial charge >= 0.3 is 11.8 Å². The number of hydrazine groups is 1. The van der Waals surface area contributed by atoms with Crippen LogP contribution in [0.1, 0.15) is 6.92 Å². The number of piperazine rings is 1. The van der Waals surface area contributed by atoms with Gasteiger partial charge in [0, 0.05) is 38.8 Å². The van der Waals surface area contributed by atoms with Crippen molar-refractivity contribution in [2.75, 3.05) is 43.9 Å². The molecule has 0 unspecified atom stereocenters. The predicted octanol–water partition coefficient (Wildman–Crippen LogP) is -0.573. The third-order valence-corrected chi connectivity index (χ3v) is 3.60. The molecular weight excluding hydrogens is 298 g/mol. The van der Waals surface area contributed by atoms with E-state index in [-0.39, 0.29) is 5.69 Å². The predicted molar refractivity (Wildman–Crippen MR) is 86.2 cm³/mol. The number of nitrogens with one attached hydrogen (secondary N) is 1. The third kappa shape index (κ3) is 4.27. The van der Waals surface area contributed by atoms with Gasteiger partial charge < -0.3 is 10.6 Å². The number of rotatable bonds is 2. The number of amides is 3. The molecule has 1 saturated heterocycles. The molecule has 1 heterocycles. The summed E-state index contributed by atoms with van der Waals surface area (Å²) in [4.78, 5) is 39.3. The van der Waals surface area contributed by atoms with Crippen molar-refractivity contribution >= 4 is 29.1 Å². The number of hydrogen-bond acceptors (Lipinski definition) is 6. The number of carbonyl (C=O) groups excluding carboxylic acids is 3. The number of anilines is 2. The maximum Gasteiger partial charge on any atom is 0.324 e. The summed E-state index contributed by atoms with van der Waals surface area (Å²) < 4.78 is 0. The van der Waals surface area contributed by atoms with Crippen molar-refractivity contribution < 1.29 is 14.4 Å². The lowest BCUT2D eigenvalue weighted by atomic mass is 10.2. The van der Waals surface area contributed by atoms with Crippen molar-refractivity contribution in [3.63, 3.8) is 0 Å². The number of carbonyl (C=O) groups is 3. The highest BCUT2D eigenvalue weighted by molar-refractivity contribution is 6.45. The van der Waals surface area contributed by atoms with Gasteiger partial charge in [0.05, 0.1) is 5.69 Å². The van der Waals surface area contributed by atoms with Crippen LogP contribution in [0.15, 0.2) is 24.3 Å². The van der Waals surface area contributed by atoms with Crippen molar-refractivity contribution in [2.45, 2.75) is 6.92 Å². The van der Waals surface area contributed by atoms with E-state index in [4.69, 9.17) is 5.73 Å². The van der Waals surface area contributed by atoms with E-state index in [0.29, 0.717) is 18.8 Å². The first-order valence-corrected chi connectivity index (χ1v) is 7.33. The Morgan fingerprint density at radius 2 is 1.83 bits per heavy atom. The summed E-state index contributed by atoms with van der Waals surface area (Å²) >= 11 is 0. The van der Waals surface area contributed by atoms with Gasteiger partial charge in [-0.15, -0.1) is 0 Å². The molecule has 23 heavy (non-hydrogen) atoms. The van der Waals surface area contributed by atoms with Crippen molar-refractivity contribution in [3.8, 4) is 0 Å². The molecule has 2 rings (SSSR count). The van der Waals surface area contributed by atoms with Crippen molar-refractivity contribution in [1.82, 2.24) is 15.3 Å². The van der Waals surface area contributed by atoms with Crippen LogP contribution in [-0.4, -0.2) is 60.9 Å². The zero-order valence-electron chi connectivity index (χ0n) is 13.3. The van der Waals surface area contributed by atoms with Crippen LogP contribution in [0.4, 0.5) is 11.4 Å². The molecule has 0 aliphatic carbocycles. The molecule has 1 aliphatic heterocycles. The molecule has 8 nitrogen and oxygen atoms in total. The summed E-state index contributed by atoms with van der Waals surface area (Å²) in [6.07, 6.45) is 0. The topological polar surface area (TPSA) is 99.0 Å². The average molecular weight is 319 g/mol. The highest BCUT2D eigenvalue weighted by Gasteiger charge is 2.28. The lowest BCUT2D eigenvalue weighted by Crippen LogP contribution is -2.56. The van der Waals surface area contributed by atoms with Crippen LogP contribution in [0.3, 0.4) is 0 Å². The van der Waals surface area contributed by atoms with Crippen molar-refractivity contribution in [2.24, 2.45) is 0 Å². The number of nitrogens with zero attached hydrogens (tertiary/aromatic N) is 3. The zero-order valence-corrected chi connectivity index (χ0v) is 13.3. The highest BCUT2D eigenvalue weighted by Crippen LogP contribution is 2.18. The number of hydrogen-bond donors (Lipinski definition) is 2. The van der Waals surface area contributed by atoms with E-state index in [1.54, 1.807) is 23.2 Å². The van der Waals surface area contributed by atoms with Crippen LogP contribution in [0.2, 0.25) is 0 Å². The average Bonchev–Trinajstić information content (AvgIpc) is 2.49. The number of nitrogens with two attached hydrogens (primary N) is 1. The second kappa shape index (κ2) is 7.21. The Hall–Kier alpha value is -2.45. The van der Waals surface area contributed by atoms with Gasteiger partial charge in [-0.1, -0.05) is 6.07 Å². The second-order valence-corrected chi connectivity index (χ2v) is 5.49. The first-order valence-electron chi connectivity index (χ1n) is 7.33. The van der Waals surface area contributed by atoms with Crippen LogP contribution >= 0.6 is 0 Å². The van der Waals surface area contributed by atoms with E-state index >= 15 is 0 Å². The minimum atomic E-state index is -0.929. The smallest absolute Gasteiger partial charge is 0.324 e. The quantitative estimate of drug-likeness (QED) is 0.559. The normalized spacial score (nSPS) is 15.9. The van der Waals surface area contributed by atoms with Gasteiger partial charge in [0.25, 0.3) is 0 Å². The lowest BCUT2D eigenvalue weighted by molar-refractivity contribution is -0.142. The molecule has 0 spiro atoms. The van der Waals surface area contributed by atoms with Gasteiger partial charge in [0.1, 0.15) is 0 Å². The first kappa shape index (κ1) is 16.9. The van der Waals surface area contributed by atoms with Crippen LogP contribution in [0.5, 0.6) is 0 Å². The molecule has 1 fully saturated rings. The van der Waals surface area contributed by atoms with Gasteiger partial charge in [-0.25, -0.2) is 9.91 Å². The van der Waals surface area contributed by atoms with Gasteiger partial charge in [-0.05, 0) is 25.2 Å². The largest absolute Gasteiger partial charge is 0.399 e. The molecule has 0 bridgehead atoms. The molecular formula is C15H21N5O3. The van der Waals surface area contributed by atoms with E-state index < -0.39 is 17.7 Å². The maximum absolute atomic E-state index is 12.3. The van der Waals surface area contributed by atoms with Crippen LogP contribution in [0.25, 0.3) is 0 Å². The summed E-state index contributed by atoms with van der Waals surface area (Å²) in [5.41, 5.74) is 8.90. The standard InChI is InChI=1S/C15H21N5O3/c1-11(21)20(13-5-3-4-12(16)10-13)15(23)14(22)17-19-8-6-18(2)7-9-19/h3-5,10H,6-9,16H2,1-2H3,(H,17,22). The molecule has 3 N–H and O–H groups in total. The molecule has 124 valence electrons. The maximum atomic E-state index is 12.3. The molecule has 0 saturated carbocycles. The van der Waals surface area contributed by atoms with Gasteiger partial charge in [-0.3, -0.25) is 19.8 Å². The minimum Gasteiger partial charge on any atom is -0.399 e. The zero-order chi connectivity index (χ0) is 17.0. The molecule has 1 aromatic carbocycles. The highest BCUT2D eigenvalue weighted by atomic mass is 16.2. The fourth-order valence-corrected chi connectivity index (χ4v) is 2.32. The fraction of sp³-hybridized carbons (Fsp3) is 0.400. The summed E-state index contributed by atoms with van der Waals surface area (Å²) in [6.45, 7) is 4.05. The molecule has 0 aromatic heterocycles. The Morgan fingerprint density at radius 3 is 2.39 bits per heavy atom. The van der Waals surface area contributed by atoms with Gasteiger partial charge in [-0.2, -0.15) is 0 Å². The second-order valence-electron chi connectivity index (χ2n) is 5.49. The number of likely N-dealkylation sites (N-methyl/N-ethyl adjacent to an activating group) is 1. The molecule has 0 atom stereocenters. The summed E-state index contributed by atoms with van der Waals surface area (Å²) in [5.74, 6) is -2.32.